The Morgan fingerprint density at radius 3 is 0.689 bits per heavy atom. The minimum absolute atomic E-state index is 0.104. The molecular weight excluding hydrogens is 1190 g/mol. The Hall–Kier alpha value is -1.94. The molecule has 0 aliphatic rings. The average Bonchev–Trinajstić information content (AvgIpc) is 2.73. The van der Waals surface area contributed by atoms with Gasteiger partial charge in [-0.2, -0.15) is 0 Å². The predicted molar refractivity (Wildman–Crippen MR) is 363 cm³/mol. The number of hydrogen-bond donors (Lipinski definition) is 3. The first-order valence-electron chi connectivity index (χ1n) is 36.7. The zero-order valence-corrected chi connectivity index (χ0v) is 60.6. The standard InChI is InChI=1S/C71H138O17P2/c1-61(2)47-39-31-23-17-14-12-10-9-11-13-15-19-26-35-43-51-68(73)81-57-66(88-71(76)54-46-38-28-22-21-25-33-41-49-63(5)6)59-85-89(77,78)83-55-65(72)56-84-90(79,80)86-60-67(58-82-69(74)52-44-36-30-29-34-42-50-64(7)8)87-70(75)53-45-37-27-20-16-18-24-32-40-48-62(3)4/h61-67,72H,9-60H2,1-8H3,(H,77,78)(H,79,80)/t65-,66-,67-/m1/s1. The number of ether oxygens (including phenoxy) is 4. The number of phosphoric acid groups is 2. The molecule has 0 rings (SSSR count). The molecule has 2 unspecified atom stereocenters. The third-order valence-electron chi connectivity index (χ3n) is 16.3. The molecule has 0 aliphatic carbocycles. The molecule has 0 saturated heterocycles. The zero-order valence-electron chi connectivity index (χ0n) is 58.8. The molecule has 19 heteroatoms. The molecule has 0 fully saturated rings. The van der Waals surface area contributed by atoms with Gasteiger partial charge in [0.2, 0.25) is 0 Å². The Labute approximate surface area is 549 Å². The number of unbranched alkanes of at least 4 members (excludes halogenated alkanes) is 34. The second kappa shape index (κ2) is 60.7. The molecule has 0 aromatic rings. The molecule has 0 aromatic carbocycles. The van der Waals surface area contributed by atoms with Crippen LogP contribution in [0.1, 0.15) is 351 Å². The molecule has 0 radical (unpaired) electrons. The van der Waals surface area contributed by atoms with Gasteiger partial charge in [-0.1, -0.05) is 299 Å². The molecule has 0 aliphatic heterocycles. The van der Waals surface area contributed by atoms with Crippen LogP contribution in [0, 0.1) is 23.7 Å². The normalized spacial score (nSPS) is 14.3. The van der Waals surface area contributed by atoms with Gasteiger partial charge in [-0.25, -0.2) is 9.13 Å². The van der Waals surface area contributed by atoms with E-state index in [0.29, 0.717) is 31.6 Å². The quantitative estimate of drug-likeness (QED) is 0.0222. The van der Waals surface area contributed by atoms with E-state index in [0.717, 1.165) is 114 Å². The van der Waals surface area contributed by atoms with E-state index in [4.69, 9.17) is 37.0 Å². The molecule has 534 valence electrons. The SMILES string of the molecule is CC(C)CCCCCCCCCCCCCCCCCC(=O)OC[C@H](COP(=O)(O)OC[C@@H](O)COP(=O)(O)OC[C@@H](COC(=O)CCCCCCCCC(C)C)OC(=O)CCCCCCCCCCCC(C)C)OC(=O)CCCCCCCCCCC(C)C. The number of phosphoric ester groups is 2. The van der Waals surface area contributed by atoms with Crippen LogP contribution in [0.2, 0.25) is 0 Å². The van der Waals surface area contributed by atoms with E-state index < -0.39 is 97.5 Å². The zero-order chi connectivity index (χ0) is 66.8. The minimum Gasteiger partial charge on any atom is -0.462 e. The summed E-state index contributed by atoms with van der Waals surface area (Å²) in [6, 6.07) is 0. The van der Waals surface area contributed by atoms with Crippen LogP contribution in [0.25, 0.3) is 0 Å². The average molecular weight is 1330 g/mol. The molecule has 17 nitrogen and oxygen atoms in total. The van der Waals surface area contributed by atoms with Crippen molar-refractivity contribution in [1.82, 2.24) is 0 Å². The van der Waals surface area contributed by atoms with Crippen molar-refractivity contribution in [2.45, 2.75) is 369 Å². The molecule has 0 amide bonds. The summed E-state index contributed by atoms with van der Waals surface area (Å²) in [4.78, 5) is 72.5. The fourth-order valence-corrected chi connectivity index (χ4v) is 12.2. The summed E-state index contributed by atoms with van der Waals surface area (Å²) in [6.07, 6.45) is 43.3. The maximum atomic E-state index is 13.0. The van der Waals surface area contributed by atoms with Gasteiger partial charge in [0.25, 0.3) is 0 Å². The van der Waals surface area contributed by atoms with Crippen molar-refractivity contribution in [3.8, 4) is 0 Å². The van der Waals surface area contributed by atoms with Crippen LogP contribution in [0.4, 0.5) is 0 Å². The van der Waals surface area contributed by atoms with Crippen LogP contribution in [0.15, 0.2) is 0 Å². The van der Waals surface area contributed by atoms with E-state index in [-0.39, 0.29) is 25.7 Å². The van der Waals surface area contributed by atoms with Crippen LogP contribution < -0.4 is 0 Å². The number of aliphatic hydroxyl groups is 1. The van der Waals surface area contributed by atoms with E-state index in [1.807, 2.05) is 0 Å². The molecule has 90 heavy (non-hydrogen) atoms. The first-order chi connectivity index (χ1) is 43.1. The number of rotatable bonds is 68. The van der Waals surface area contributed by atoms with E-state index >= 15 is 0 Å². The summed E-state index contributed by atoms with van der Waals surface area (Å²) in [6.45, 7) is 14.0. The Balaban J connectivity index is 5.19. The number of esters is 4. The highest BCUT2D eigenvalue weighted by atomic mass is 31.2. The molecular formula is C71H138O17P2. The second-order valence-corrected chi connectivity index (χ2v) is 30.4. The van der Waals surface area contributed by atoms with E-state index in [2.05, 4.69) is 55.4 Å². The van der Waals surface area contributed by atoms with Crippen molar-refractivity contribution in [3.05, 3.63) is 0 Å². The summed E-state index contributed by atoms with van der Waals surface area (Å²) in [7, 11) is -9.90. The smallest absolute Gasteiger partial charge is 0.462 e. The Morgan fingerprint density at radius 2 is 0.467 bits per heavy atom. The highest BCUT2D eigenvalue weighted by molar-refractivity contribution is 7.47. The van der Waals surface area contributed by atoms with Crippen molar-refractivity contribution in [2.24, 2.45) is 23.7 Å². The topological polar surface area (TPSA) is 237 Å². The van der Waals surface area contributed by atoms with Gasteiger partial charge in [0, 0.05) is 25.7 Å². The number of carbonyl (C=O) groups is 4. The predicted octanol–water partition coefficient (Wildman–Crippen LogP) is 20.1. The van der Waals surface area contributed by atoms with Gasteiger partial charge < -0.3 is 33.8 Å². The Morgan fingerprint density at radius 1 is 0.278 bits per heavy atom. The number of aliphatic hydroxyl groups excluding tert-OH is 1. The molecule has 0 aromatic heterocycles. The van der Waals surface area contributed by atoms with Crippen LogP contribution in [0.3, 0.4) is 0 Å². The summed E-state index contributed by atoms with van der Waals surface area (Å²) in [5.41, 5.74) is 0. The van der Waals surface area contributed by atoms with Gasteiger partial charge in [-0.3, -0.25) is 37.3 Å². The fourth-order valence-electron chi connectivity index (χ4n) is 10.7. The van der Waals surface area contributed by atoms with Gasteiger partial charge in [0.05, 0.1) is 26.4 Å². The van der Waals surface area contributed by atoms with Gasteiger partial charge >= 0.3 is 39.5 Å². The van der Waals surface area contributed by atoms with Crippen LogP contribution in [-0.4, -0.2) is 96.7 Å². The van der Waals surface area contributed by atoms with Crippen molar-refractivity contribution >= 4 is 39.5 Å². The van der Waals surface area contributed by atoms with E-state index in [1.165, 1.54) is 148 Å². The second-order valence-electron chi connectivity index (χ2n) is 27.5. The maximum Gasteiger partial charge on any atom is 0.472 e. The highest BCUT2D eigenvalue weighted by Gasteiger charge is 2.30. The van der Waals surface area contributed by atoms with Crippen molar-refractivity contribution < 1.29 is 80.2 Å². The molecule has 0 spiro atoms. The van der Waals surface area contributed by atoms with Gasteiger partial charge in [0.1, 0.15) is 19.3 Å². The lowest BCUT2D eigenvalue weighted by molar-refractivity contribution is -0.161. The fraction of sp³-hybridized carbons (Fsp3) is 0.944. The highest BCUT2D eigenvalue weighted by Crippen LogP contribution is 2.45. The molecule has 0 saturated carbocycles. The minimum atomic E-state index is -4.95. The first-order valence-corrected chi connectivity index (χ1v) is 39.7. The molecule has 0 heterocycles. The maximum absolute atomic E-state index is 13.0. The Kier molecular flexibility index (Phi) is 59.4. The van der Waals surface area contributed by atoms with E-state index in [1.54, 1.807) is 0 Å². The van der Waals surface area contributed by atoms with E-state index in [9.17, 15) is 43.2 Å². The summed E-state index contributed by atoms with van der Waals surface area (Å²) in [5.74, 6) is 0.809. The first kappa shape index (κ1) is 88.1. The summed E-state index contributed by atoms with van der Waals surface area (Å²) >= 11 is 0. The van der Waals surface area contributed by atoms with Gasteiger partial charge in [-0.05, 0) is 49.4 Å². The van der Waals surface area contributed by atoms with Crippen LogP contribution >= 0.6 is 15.6 Å². The van der Waals surface area contributed by atoms with Crippen molar-refractivity contribution in [3.63, 3.8) is 0 Å². The largest absolute Gasteiger partial charge is 0.472 e. The lowest BCUT2D eigenvalue weighted by atomic mass is 10.0. The van der Waals surface area contributed by atoms with Crippen LogP contribution in [-0.2, 0) is 65.4 Å². The summed E-state index contributed by atoms with van der Waals surface area (Å²) < 4.78 is 68.2. The third kappa shape index (κ3) is 64.8. The van der Waals surface area contributed by atoms with Crippen molar-refractivity contribution in [2.75, 3.05) is 39.6 Å². The molecule has 3 N–H and O–H groups in total. The molecule has 5 atom stereocenters. The Bertz CT molecular complexity index is 1780. The van der Waals surface area contributed by atoms with Gasteiger partial charge in [0.15, 0.2) is 12.2 Å². The van der Waals surface area contributed by atoms with Crippen LogP contribution in [0.5, 0.6) is 0 Å². The summed E-state index contributed by atoms with van der Waals surface area (Å²) in [5, 5.41) is 10.6. The van der Waals surface area contributed by atoms with Crippen molar-refractivity contribution in [1.29, 1.82) is 0 Å². The molecule has 0 bridgehead atoms. The monoisotopic (exact) mass is 1320 g/mol. The number of hydrogen-bond acceptors (Lipinski definition) is 15. The lowest BCUT2D eigenvalue weighted by Crippen LogP contribution is -2.30. The third-order valence-corrected chi connectivity index (χ3v) is 18.2. The van der Waals surface area contributed by atoms with Gasteiger partial charge in [-0.15, -0.1) is 0 Å². The number of carbonyl (C=O) groups excluding carboxylic acids is 4. The lowest BCUT2D eigenvalue weighted by Gasteiger charge is -2.21.